The predicted octanol–water partition coefficient (Wildman–Crippen LogP) is 9.19. The number of phenolic OH excluding ortho intramolecular Hbond substituents is 1. The van der Waals surface area contributed by atoms with Gasteiger partial charge in [0.2, 0.25) is 0 Å². The lowest BCUT2D eigenvalue weighted by molar-refractivity contribution is 0.472. The van der Waals surface area contributed by atoms with Crippen LogP contribution < -0.4 is 11.5 Å². The third kappa shape index (κ3) is 8.67. The lowest BCUT2D eigenvalue weighted by Gasteiger charge is -2.11. The predicted molar refractivity (Wildman–Crippen MR) is 213 cm³/mol. The maximum absolute atomic E-state index is 12.4. The van der Waals surface area contributed by atoms with Crippen molar-refractivity contribution in [3.05, 3.63) is 102 Å². The van der Waals surface area contributed by atoms with Crippen LogP contribution in [0.15, 0.2) is 136 Å². The van der Waals surface area contributed by atoms with Crippen molar-refractivity contribution in [1.82, 2.24) is 0 Å². The van der Waals surface area contributed by atoms with E-state index in [9.17, 15) is 44.0 Å². The van der Waals surface area contributed by atoms with Crippen LogP contribution in [0.2, 0.25) is 0 Å². The normalized spacial score (nSPS) is 13.0. The van der Waals surface area contributed by atoms with Crippen LogP contribution in [-0.4, -0.2) is 44.0 Å². The van der Waals surface area contributed by atoms with E-state index in [4.69, 9.17) is 11.5 Å². The molecule has 0 atom stereocenters. The molecule has 0 bridgehead atoms. The molecule has 0 radical (unpaired) electrons. The first kappa shape index (κ1) is 40.2. The van der Waals surface area contributed by atoms with Crippen LogP contribution in [0.5, 0.6) is 5.75 Å². The average molecular weight is 831 g/mol. The number of anilines is 2. The maximum Gasteiger partial charge on any atom is 0.296 e. The highest BCUT2D eigenvalue weighted by Crippen LogP contribution is 2.44. The Hall–Kier alpha value is -6.49. The van der Waals surface area contributed by atoms with Crippen LogP contribution in [0, 0.1) is 6.92 Å². The Kier molecular flexibility index (Phi) is 10.7. The molecular formula is C36H30N8O10S3. The van der Waals surface area contributed by atoms with Gasteiger partial charge in [0.25, 0.3) is 30.4 Å². The molecule has 0 amide bonds. The van der Waals surface area contributed by atoms with Crippen LogP contribution in [0.1, 0.15) is 18.1 Å². The Labute approximate surface area is 324 Å². The Morgan fingerprint density at radius 2 is 1.14 bits per heavy atom. The van der Waals surface area contributed by atoms with E-state index in [2.05, 4.69) is 30.7 Å². The largest absolute Gasteiger partial charge is 0.505 e. The monoisotopic (exact) mass is 830 g/mol. The van der Waals surface area contributed by atoms with E-state index in [0.717, 1.165) is 35.9 Å². The van der Waals surface area contributed by atoms with Crippen molar-refractivity contribution in [2.45, 2.75) is 28.5 Å². The Balaban J connectivity index is 1.39. The van der Waals surface area contributed by atoms with E-state index in [0.29, 0.717) is 28.3 Å². The number of nitrogens with two attached hydrogens (primary N) is 2. The number of fused-ring (bicyclic) bond motifs is 2. The van der Waals surface area contributed by atoms with Gasteiger partial charge in [-0.2, -0.15) is 40.6 Å². The molecule has 57 heavy (non-hydrogen) atoms. The van der Waals surface area contributed by atoms with Gasteiger partial charge in [-0.3, -0.25) is 13.7 Å². The molecule has 0 fully saturated rings. The minimum absolute atomic E-state index is 0.0160. The van der Waals surface area contributed by atoms with Gasteiger partial charge in [0.05, 0.1) is 39.0 Å². The molecule has 0 heterocycles. The van der Waals surface area contributed by atoms with Gasteiger partial charge in [-0.1, -0.05) is 18.2 Å². The number of aryl methyl sites for hydroxylation is 1. The SMILES string of the molecule is C/C=C\c1cc(N=Nc2ccc(N=Nc3ccc(N=Nc4c(S(=O)(=O)O)cc5cc(S(=O)(=O)O)c(N)cc5c4O)c4ccc(S(=O)(=O)O)cc34)c(C)c2)ccc1N. The zero-order valence-corrected chi connectivity index (χ0v) is 32.0. The van der Waals surface area contributed by atoms with E-state index in [1.165, 1.54) is 18.2 Å². The van der Waals surface area contributed by atoms with E-state index in [-0.39, 0.29) is 32.9 Å². The van der Waals surface area contributed by atoms with Crippen LogP contribution in [0.4, 0.5) is 45.5 Å². The number of rotatable bonds is 10. The fourth-order valence-electron chi connectivity index (χ4n) is 5.63. The molecule has 0 aliphatic rings. The van der Waals surface area contributed by atoms with Crippen LogP contribution >= 0.6 is 0 Å². The molecule has 6 aromatic carbocycles. The first-order valence-electron chi connectivity index (χ1n) is 16.2. The fourth-order valence-corrected chi connectivity index (χ4v) is 7.42. The second-order valence-corrected chi connectivity index (χ2v) is 16.5. The molecule has 6 aromatic rings. The Bertz CT molecular complexity index is 3110. The zero-order valence-electron chi connectivity index (χ0n) is 29.5. The Morgan fingerprint density at radius 3 is 1.77 bits per heavy atom. The summed E-state index contributed by atoms with van der Waals surface area (Å²) in [5.74, 6) is -0.868. The number of hydrogen-bond acceptors (Lipinski definition) is 15. The van der Waals surface area contributed by atoms with Crippen molar-refractivity contribution in [2.75, 3.05) is 11.5 Å². The molecule has 6 rings (SSSR count). The highest BCUT2D eigenvalue weighted by molar-refractivity contribution is 7.86. The van der Waals surface area contributed by atoms with Gasteiger partial charge in [0.15, 0.2) is 5.75 Å². The van der Waals surface area contributed by atoms with Gasteiger partial charge in [-0.05, 0) is 109 Å². The van der Waals surface area contributed by atoms with Gasteiger partial charge in [0.1, 0.15) is 15.5 Å². The molecule has 18 nitrogen and oxygen atoms in total. The Morgan fingerprint density at radius 1 is 0.561 bits per heavy atom. The molecule has 0 unspecified atom stereocenters. The number of benzene rings is 6. The highest BCUT2D eigenvalue weighted by atomic mass is 32.2. The second kappa shape index (κ2) is 15.2. The minimum Gasteiger partial charge on any atom is -0.505 e. The molecule has 0 aromatic heterocycles. The van der Waals surface area contributed by atoms with Crippen molar-refractivity contribution in [1.29, 1.82) is 0 Å². The third-order valence-electron chi connectivity index (χ3n) is 8.38. The molecule has 0 aliphatic carbocycles. The number of hydrogen-bond donors (Lipinski definition) is 6. The molecule has 21 heteroatoms. The number of allylic oxidation sites excluding steroid dienone is 1. The summed E-state index contributed by atoms with van der Waals surface area (Å²) in [5.41, 5.74) is 14.2. The summed E-state index contributed by atoms with van der Waals surface area (Å²) >= 11 is 0. The second-order valence-electron chi connectivity index (χ2n) is 12.3. The maximum atomic E-state index is 12.4. The lowest BCUT2D eigenvalue weighted by atomic mass is 10.1. The smallest absolute Gasteiger partial charge is 0.296 e. The van der Waals surface area contributed by atoms with E-state index < -0.39 is 62.2 Å². The zero-order chi connectivity index (χ0) is 41.4. The molecule has 0 saturated carbocycles. The van der Waals surface area contributed by atoms with Crippen molar-refractivity contribution in [3.63, 3.8) is 0 Å². The molecule has 292 valence electrons. The van der Waals surface area contributed by atoms with Gasteiger partial charge in [-0.15, -0.1) is 15.3 Å². The van der Waals surface area contributed by atoms with Gasteiger partial charge in [0, 0.05) is 21.8 Å². The van der Waals surface area contributed by atoms with Gasteiger partial charge >= 0.3 is 0 Å². The molecular weight excluding hydrogens is 801 g/mol. The summed E-state index contributed by atoms with van der Waals surface area (Å²) in [6, 6.07) is 19.1. The first-order chi connectivity index (χ1) is 26.7. The number of phenols is 1. The van der Waals surface area contributed by atoms with Gasteiger partial charge < -0.3 is 16.6 Å². The van der Waals surface area contributed by atoms with Crippen molar-refractivity contribution in [2.24, 2.45) is 30.7 Å². The molecule has 0 aliphatic heterocycles. The molecule has 0 saturated heterocycles. The highest BCUT2D eigenvalue weighted by Gasteiger charge is 2.25. The van der Waals surface area contributed by atoms with Crippen LogP contribution in [0.25, 0.3) is 27.6 Å². The third-order valence-corrected chi connectivity index (χ3v) is 11.0. The molecule has 0 spiro atoms. The summed E-state index contributed by atoms with van der Waals surface area (Å²) < 4.78 is 102. The van der Waals surface area contributed by atoms with Crippen molar-refractivity contribution >= 4 is 103 Å². The number of azo groups is 3. The fraction of sp³-hybridized carbons (Fsp3) is 0.0556. The quantitative estimate of drug-likeness (QED) is 0.0427. The number of nitrogens with zero attached hydrogens (tertiary/aromatic N) is 6. The average Bonchev–Trinajstić information content (AvgIpc) is 3.13. The summed E-state index contributed by atoms with van der Waals surface area (Å²) in [7, 11) is -14.7. The first-order valence-corrected chi connectivity index (χ1v) is 20.5. The van der Waals surface area contributed by atoms with Crippen molar-refractivity contribution < 1.29 is 44.0 Å². The van der Waals surface area contributed by atoms with E-state index >= 15 is 0 Å². The standard InChI is InChI=1S/C36H30N8O10S3/c1-3-4-20-14-23(5-9-28(20)37)40-39-22-6-10-30(19(2)13-22)41-42-32-12-11-31(25-8-7-24(17-27(25)32)55(46,47)48)43-44-35-34(57(52,53)54)16-21-15-33(56(49,50)51)29(38)18-26(21)36(35)45/h3-18,45H,37-38H2,1-2H3,(H,46,47,48)(H,49,50,51)(H,52,53,54)/b4-3-,40-39?,42-41?,44-43?. The van der Waals surface area contributed by atoms with Crippen LogP contribution in [0.3, 0.4) is 0 Å². The topological polar surface area (TPSA) is 310 Å². The summed E-state index contributed by atoms with van der Waals surface area (Å²) in [4.78, 5) is -2.24. The van der Waals surface area contributed by atoms with Crippen LogP contribution in [-0.2, 0) is 30.4 Å². The molecule has 8 N–H and O–H groups in total. The summed E-state index contributed by atoms with van der Waals surface area (Å²) in [6.07, 6.45) is 3.71. The summed E-state index contributed by atoms with van der Waals surface area (Å²) in [6.45, 7) is 3.64. The van der Waals surface area contributed by atoms with E-state index in [1.807, 2.05) is 19.1 Å². The summed E-state index contributed by atoms with van der Waals surface area (Å²) in [5, 5.41) is 36.1. The van der Waals surface area contributed by atoms with Gasteiger partial charge in [-0.25, -0.2) is 0 Å². The number of aromatic hydroxyl groups is 1. The van der Waals surface area contributed by atoms with Crippen molar-refractivity contribution in [3.8, 4) is 5.75 Å². The number of nitrogen functional groups attached to an aromatic ring is 2. The lowest BCUT2D eigenvalue weighted by Crippen LogP contribution is -2.04. The minimum atomic E-state index is -5.14. The van der Waals surface area contributed by atoms with E-state index in [1.54, 1.807) is 43.3 Å².